The van der Waals surface area contributed by atoms with E-state index >= 15 is 4.79 Å². The summed E-state index contributed by atoms with van der Waals surface area (Å²) in [4.78, 5) is 187. The zero-order valence-corrected chi connectivity index (χ0v) is 61.8. The van der Waals surface area contributed by atoms with Crippen LogP contribution in [0.1, 0.15) is 145 Å². The fourth-order valence-electron chi connectivity index (χ4n) is 11.7. The van der Waals surface area contributed by atoms with Crippen molar-refractivity contribution in [3.63, 3.8) is 0 Å². The average molecular weight is 1460 g/mol. The number of hydrogen-bond donors (Lipinski definition) is 4. The lowest BCUT2D eigenvalue weighted by Crippen LogP contribution is -2.63. The number of nitrogens with one attached hydrogen (secondary N) is 4. The highest BCUT2D eigenvalue weighted by Gasteiger charge is 2.44. The Morgan fingerprint density at radius 3 is 1.80 bits per heavy atom. The van der Waals surface area contributed by atoms with Crippen LogP contribution in [-0.4, -0.2) is 239 Å². The van der Waals surface area contributed by atoms with E-state index in [0.717, 1.165) is 24.7 Å². The van der Waals surface area contributed by atoms with Gasteiger partial charge < -0.3 is 60.5 Å². The van der Waals surface area contributed by atoms with Gasteiger partial charge in [0.25, 0.3) is 0 Å². The molecule has 2 heterocycles. The molecule has 0 aromatic heterocycles. The third kappa shape index (κ3) is 23.1. The molecule has 0 bridgehead atoms. The predicted molar refractivity (Wildman–Crippen MR) is 373 cm³/mol. The second-order valence-electron chi connectivity index (χ2n) is 27.0. The Hall–Kier alpha value is -6.90. The van der Waals surface area contributed by atoms with Crippen LogP contribution in [0.3, 0.4) is 0 Å². The first-order chi connectivity index (χ1) is 44.6. The quantitative estimate of drug-likeness (QED) is 0.174. The molecule has 2 fully saturated rings. The van der Waals surface area contributed by atoms with Gasteiger partial charge in [-0.05, 0) is 135 Å². The summed E-state index contributed by atoms with van der Waals surface area (Å²) < 4.78 is 0.846. The predicted octanol–water partition coefficient (Wildman–Crippen LogP) is 4.90. The zero-order valence-electron chi connectivity index (χ0n) is 58.9. The van der Waals surface area contributed by atoms with Crippen LogP contribution in [0.2, 0.25) is 5.02 Å². The lowest BCUT2D eigenvalue weighted by molar-refractivity contribution is -0.152. The molecule has 0 unspecified atom stereocenters. The van der Waals surface area contributed by atoms with E-state index in [9.17, 15) is 52.7 Å². The molecule has 0 radical (unpaired) electrons. The highest BCUT2D eigenvalue weighted by molar-refractivity contribution is 14.1. The fraction of sp³-hybridized carbons (Fsp3) is 0.652. The molecular weight excluding hydrogens is 1350 g/mol. The number of halogens is 2. The zero-order chi connectivity index (χ0) is 71.3. The smallest absolute Gasteiger partial charge is 0.246 e. The van der Waals surface area contributed by atoms with Gasteiger partial charge in [0, 0.05) is 83.4 Å². The molecule has 95 heavy (non-hydrogen) atoms. The van der Waals surface area contributed by atoms with Crippen LogP contribution in [0.25, 0.3) is 0 Å². The summed E-state index contributed by atoms with van der Waals surface area (Å²) in [6.07, 6.45) is 3.48. The normalized spacial score (nSPS) is 23.8. The van der Waals surface area contributed by atoms with Gasteiger partial charge in [0.1, 0.15) is 47.8 Å². The van der Waals surface area contributed by atoms with Gasteiger partial charge in [0.2, 0.25) is 70.9 Å². The monoisotopic (exact) mass is 1460 g/mol. The molecular formula is C69H106ClIN12O12. The van der Waals surface area contributed by atoms with E-state index < -0.39 is 151 Å². The second-order valence-corrected chi connectivity index (χ2v) is 28.7. The highest BCUT2D eigenvalue weighted by Crippen LogP contribution is 2.24. The molecule has 2 aromatic rings. The van der Waals surface area contributed by atoms with Gasteiger partial charge in [-0.25, -0.2) is 0 Å². The summed E-state index contributed by atoms with van der Waals surface area (Å²) in [5, 5.41) is 11.9. The first-order valence-corrected chi connectivity index (χ1v) is 34.9. The van der Waals surface area contributed by atoms with Crippen molar-refractivity contribution in [2.24, 2.45) is 17.8 Å². The Bertz CT molecular complexity index is 3020. The Morgan fingerprint density at radius 1 is 0.611 bits per heavy atom. The number of likely N-dealkylation sites (tertiary alicyclic amines) is 1. The maximum atomic E-state index is 15.1. The van der Waals surface area contributed by atoms with Gasteiger partial charge in [-0.1, -0.05) is 104 Å². The van der Waals surface area contributed by atoms with Crippen LogP contribution in [0.15, 0.2) is 48.5 Å². The van der Waals surface area contributed by atoms with E-state index in [1.54, 1.807) is 55.1 Å². The third-order valence-corrected chi connectivity index (χ3v) is 19.1. The van der Waals surface area contributed by atoms with E-state index in [2.05, 4.69) is 43.9 Å². The van der Waals surface area contributed by atoms with Crippen LogP contribution in [0.4, 0.5) is 0 Å². The van der Waals surface area contributed by atoms with E-state index in [4.69, 9.17) is 11.6 Å². The van der Waals surface area contributed by atoms with Crippen molar-refractivity contribution in [3.8, 4) is 0 Å². The minimum Gasteiger partial charge on any atom is -0.343 e. The molecule has 2 aliphatic rings. The Kier molecular flexibility index (Phi) is 31.8. The molecule has 0 aliphatic carbocycles. The molecule has 0 spiro atoms. The van der Waals surface area contributed by atoms with Crippen LogP contribution in [0, 0.1) is 21.3 Å². The van der Waals surface area contributed by atoms with Crippen molar-refractivity contribution >= 4 is 105 Å². The summed E-state index contributed by atoms with van der Waals surface area (Å²) in [7, 11) is 8.43. The van der Waals surface area contributed by atoms with Gasteiger partial charge in [-0.15, -0.1) is 0 Å². The topological polar surface area (TPSA) is 279 Å². The average Bonchev–Trinajstić information content (AvgIpc) is 0.826. The van der Waals surface area contributed by atoms with Crippen LogP contribution in [0.5, 0.6) is 0 Å². The lowest BCUT2D eigenvalue weighted by Gasteiger charge is -2.39. The SMILES string of the molecule is CCCC[C@@H]1NC(=O)[C@H](Cc2cccc(I)c2)NC(=O)CN(C)C(=O)[C@H](Cc2ccc(Cl)cc2)N(CC)C(=O)CN(C)C(=O)CN(C)C(=O)[C@H]([C@@H](C)CC)NC(=O)[C@H](CC(C)C)N(C)C(=O)C[C@@H](C(=O)N2CCCCC2)N(C)C(=O)[C@H](CC(C)C)NC(=O)C(C)(C)N(C)C1=O. The van der Waals surface area contributed by atoms with Crippen molar-refractivity contribution in [2.45, 2.75) is 194 Å². The van der Waals surface area contributed by atoms with Gasteiger partial charge in [-0.3, -0.25) is 57.5 Å². The van der Waals surface area contributed by atoms with Crippen LogP contribution < -0.4 is 21.3 Å². The maximum absolute atomic E-state index is 15.1. The Morgan fingerprint density at radius 2 is 1.22 bits per heavy atom. The molecule has 4 N–H and O–H groups in total. The number of piperidine rings is 1. The first kappa shape index (κ1) is 80.5. The van der Waals surface area contributed by atoms with Crippen LogP contribution in [-0.2, 0) is 70.4 Å². The first-order valence-electron chi connectivity index (χ1n) is 33.4. The molecule has 4 rings (SSSR count). The molecule has 2 aromatic carbocycles. The number of benzene rings is 2. The standard InChI is InChI=1S/C69H106ClIN12O12/c1-17-20-27-50-64(91)81(16)69(9,10)68(95)74-52(34-43(4)5)63(90)80(15)54(66(93)82-32-22-21-23-33-82)39-57(85)79(14)53(35-44(6)7)62(89)75-60(45(8)18-2)67(94)78(13)41-58(86)76(11)42-59(87)83(19-3)55(38-46-28-30-48(70)31-29-46)65(92)77(12)40-56(84)72-51(61(88)73-50)37-47-25-24-26-49(71)36-47/h24-26,28-31,36,43-45,50-55,60H,17-23,27,32-35,37-42H2,1-16H3,(H,72,84)(H,73,88)(H,74,95)(H,75,89)/t45-,50-,51-,52-,53-,54-,55-,60-/m0/s1. The number of carbonyl (C=O) groups excluding carboxylic acids is 12. The minimum atomic E-state index is -1.69. The highest BCUT2D eigenvalue weighted by atomic mass is 127. The molecule has 8 atom stereocenters. The second kappa shape index (κ2) is 37.6. The molecule has 24 nitrogen and oxygen atoms in total. The summed E-state index contributed by atoms with van der Waals surface area (Å²) in [6, 6.07) is 5.13. The summed E-state index contributed by atoms with van der Waals surface area (Å²) in [5.41, 5.74) is -0.406. The van der Waals surface area contributed by atoms with Gasteiger partial charge in [0.15, 0.2) is 0 Å². The maximum Gasteiger partial charge on any atom is 0.246 e. The number of likely N-dealkylation sites (N-methyl/N-ethyl adjacent to an activating group) is 7. The van der Waals surface area contributed by atoms with E-state index in [-0.39, 0.29) is 50.5 Å². The van der Waals surface area contributed by atoms with Crippen LogP contribution >= 0.6 is 34.2 Å². The number of carbonyl (C=O) groups is 12. The van der Waals surface area contributed by atoms with Crippen molar-refractivity contribution < 1.29 is 57.5 Å². The molecule has 528 valence electrons. The molecule has 26 heteroatoms. The molecule has 2 saturated heterocycles. The molecule has 12 amide bonds. The largest absolute Gasteiger partial charge is 0.343 e. The number of hydrogen-bond acceptors (Lipinski definition) is 12. The lowest BCUT2D eigenvalue weighted by atomic mass is 9.95. The Labute approximate surface area is 581 Å². The van der Waals surface area contributed by atoms with E-state index in [0.29, 0.717) is 61.3 Å². The number of rotatable bonds is 15. The van der Waals surface area contributed by atoms with Crippen molar-refractivity contribution in [3.05, 3.63) is 68.3 Å². The Balaban J connectivity index is 1.90. The number of unbranched alkanes of at least 4 members (excludes halogenated alkanes) is 1. The fourth-order valence-corrected chi connectivity index (χ4v) is 12.4. The summed E-state index contributed by atoms with van der Waals surface area (Å²) in [5.74, 6) is -8.78. The summed E-state index contributed by atoms with van der Waals surface area (Å²) >= 11 is 8.39. The molecule has 0 saturated carbocycles. The van der Waals surface area contributed by atoms with Crippen molar-refractivity contribution in [1.82, 2.24) is 60.5 Å². The van der Waals surface area contributed by atoms with E-state index in [1.807, 2.05) is 53.7 Å². The summed E-state index contributed by atoms with van der Waals surface area (Å²) in [6.45, 7) is 16.7. The number of nitrogens with zero attached hydrogens (tertiary/aromatic N) is 8. The minimum absolute atomic E-state index is 0.0159. The molecule has 2 aliphatic heterocycles. The van der Waals surface area contributed by atoms with Crippen molar-refractivity contribution in [2.75, 3.05) is 81.6 Å². The van der Waals surface area contributed by atoms with Gasteiger partial charge >= 0.3 is 0 Å². The van der Waals surface area contributed by atoms with E-state index in [1.165, 1.54) is 75.7 Å². The third-order valence-electron chi connectivity index (χ3n) is 18.2. The number of amides is 12. The van der Waals surface area contributed by atoms with Gasteiger partial charge in [0.05, 0.1) is 26.1 Å². The van der Waals surface area contributed by atoms with Crippen molar-refractivity contribution in [1.29, 1.82) is 0 Å². The van der Waals surface area contributed by atoms with Gasteiger partial charge in [-0.2, -0.15) is 0 Å².